The fraction of sp³-hybridized carbons (Fsp3) is 0.263. The van der Waals surface area contributed by atoms with Crippen LogP contribution >= 0.6 is 11.3 Å². The molecule has 0 radical (unpaired) electrons. The van der Waals surface area contributed by atoms with Crippen LogP contribution in [-0.4, -0.2) is 20.1 Å². The molecule has 0 spiro atoms. The summed E-state index contributed by atoms with van der Waals surface area (Å²) in [5, 5.41) is 12.7. The number of nitrogens with one attached hydrogen (secondary N) is 1. The molecule has 0 aliphatic carbocycles. The van der Waals surface area contributed by atoms with E-state index >= 15 is 0 Å². The van der Waals surface area contributed by atoms with E-state index in [4.69, 9.17) is 9.47 Å². The minimum absolute atomic E-state index is 0.282. The third-order valence-corrected chi connectivity index (χ3v) is 4.81. The van der Waals surface area contributed by atoms with Gasteiger partial charge in [0.15, 0.2) is 11.5 Å². The van der Waals surface area contributed by atoms with Crippen molar-refractivity contribution < 1.29 is 14.3 Å². The van der Waals surface area contributed by atoms with Crippen LogP contribution in [0.15, 0.2) is 24.3 Å². The average Bonchev–Trinajstić information content (AvgIpc) is 2.93. The summed E-state index contributed by atoms with van der Waals surface area (Å²) in [5.41, 5.74) is 2.36. The summed E-state index contributed by atoms with van der Waals surface area (Å²) in [4.78, 5) is 13.2. The molecule has 5 nitrogen and oxygen atoms in total. The predicted octanol–water partition coefficient (Wildman–Crippen LogP) is 4.16. The number of amides is 1. The van der Waals surface area contributed by atoms with Crippen LogP contribution in [-0.2, 0) is 11.2 Å². The van der Waals surface area contributed by atoms with Crippen molar-refractivity contribution >= 4 is 28.3 Å². The Morgan fingerprint density at radius 1 is 1.32 bits per heavy atom. The van der Waals surface area contributed by atoms with Gasteiger partial charge in [-0.3, -0.25) is 4.79 Å². The third-order valence-electron chi connectivity index (χ3n) is 3.75. The molecule has 0 saturated heterocycles. The number of anilines is 1. The van der Waals surface area contributed by atoms with Gasteiger partial charge in [-0.05, 0) is 42.7 Å². The molecule has 0 fully saturated rings. The molecule has 130 valence electrons. The molecule has 2 aromatic rings. The summed E-state index contributed by atoms with van der Waals surface area (Å²) in [7, 11) is 3.13. The summed E-state index contributed by atoms with van der Waals surface area (Å²) >= 11 is 1.43. The van der Waals surface area contributed by atoms with Gasteiger partial charge in [-0.15, -0.1) is 11.3 Å². The van der Waals surface area contributed by atoms with Crippen LogP contribution in [0.3, 0.4) is 0 Å². The Balaban J connectivity index is 2.16. The van der Waals surface area contributed by atoms with Gasteiger partial charge in [-0.2, -0.15) is 5.26 Å². The first-order valence-electron chi connectivity index (χ1n) is 7.77. The van der Waals surface area contributed by atoms with E-state index in [1.807, 2.05) is 19.9 Å². The van der Waals surface area contributed by atoms with Crippen molar-refractivity contribution in [1.82, 2.24) is 0 Å². The number of hydrogen-bond acceptors (Lipinski definition) is 5. The molecular formula is C19H20N2O3S. The lowest BCUT2D eigenvalue weighted by Crippen LogP contribution is -2.07. The quantitative estimate of drug-likeness (QED) is 0.789. The van der Waals surface area contributed by atoms with Crippen molar-refractivity contribution in [3.63, 3.8) is 0 Å². The van der Waals surface area contributed by atoms with E-state index in [9.17, 15) is 10.1 Å². The van der Waals surface area contributed by atoms with Crippen LogP contribution in [0.25, 0.3) is 6.08 Å². The molecule has 0 aliphatic rings. The number of thiophene rings is 1. The molecule has 0 unspecified atom stereocenters. The highest BCUT2D eigenvalue weighted by atomic mass is 32.1. The average molecular weight is 356 g/mol. The molecule has 1 N–H and O–H groups in total. The molecule has 25 heavy (non-hydrogen) atoms. The van der Waals surface area contributed by atoms with E-state index in [1.165, 1.54) is 17.4 Å². The van der Waals surface area contributed by atoms with Crippen molar-refractivity contribution in [3.05, 3.63) is 45.8 Å². The maximum atomic E-state index is 12.2. The number of aryl methyl sites for hydroxylation is 1. The third kappa shape index (κ3) is 4.20. The zero-order valence-corrected chi connectivity index (χ0v) is 15.5. The molecule has 0 bridgehead atoms. The topological polar surface area (TPSA) is 71.3 Å². The molecule has 1 aromatic heterocycles. The number of nitriles is 1. The zero-order valence-electron chi connectivity index (χ0n) is 14.7. The van der Waals surface area contributed by atoms with Gasteiger partial charge in [0.25, 0.3) is 0 Å². The Morgan fingerprint density at radius 2 is 2.04 bits per heavy atom. The predicted molar refractivity (Wildman–Crippen MR) is 100 cm³/mol. The van der Waals surface area contributed by atoms with Crippen molar-refractivity contribution in [3.8, 4) is 17.6 Å². The van der Waals surface area contributed by atoms with Crippen LogP contribution in [0.1, 0.15) is 28.5 Å². The summed E-state index contributed by atoms with van der Waals surface area (Å²) in [6.45, 7) is 3.96. The SMILES string of the molecule is CCc1c(C)sc(NC(=O)/C=C/c2ccc(OC)c(OC)c2)c1C#N. The fourth-order valence-corrected chi connectivity index (χ4v) is 3.59. The minimum atomic E-state index is -0.282. The van der Waals surface area contributed by atoms with Crippen molar-refractivity contribution in [2.24, 2.45) is 0 Å². The van der Waals surface area contributed by atoms with Crippen molar-refractivity contribution in [2.45, 2.75) is 20.3 Å². The van der Waals surface area contributed by atoms with E-state index in [1.54, 1.807) is 32.4 Å². The Hall–Kier alpha value is -2.78. The van der Waals surface area contributed by atoms with E-state index in [2.05, 4.69) is 11.4 Å². The molecule has 1 aromatic carbocycles. The molecular weight excluding hydrogens is 336 g/mol. The zero-order chi connectivity index (χ0) is 18.4. The van der Waals surface area contributed by atoms with Gasteiger partial charge in [0.2, 0.25) is 5.91 Å². The molecule has 1 heterocycles. The largest absolute Gasteiger partial charge is 0.493 e. The second-order valence-corrected chi connectivity index (χ2v) is 6.47. The molecule has 0 aliphatic heterocycles. The number of rotatable bonds is 6. The minimum Gasteiger partial charge on any atom is -0.493 e. The first kappa shape index (κ1) is 18.6. The van der Waals surface area contributed by atoms with Crippen LogP contribution < -0.4 is 14.8 Å². The van der Waals surface area contributed by atoms with E-state index < -0.39 is 0 Å². The smallest absolute Gasteiger partial charge is 0.249 e. The lowest BCUT2D eigenvalue weighted by atomic mass is 10.1. The fourth-order valence-electron chi connectivity index (χ4n) is 2.49. The summed E-state index contributed by atoms with van der Waals surface area (Å²) in [5.74, 6) is 0.942. The maximum Gasteiger partial charge on any atom is 0.249 e. The number of carbonyl (C=O) groups excluding carboxylic acids is 1. The van der Waals surface area contributed by atoms with Crippen LogP contribution in [0.4, 0.5) is 5.00 Å². The lowest BCUT2D eigenvalue weighted by Gasteiger charge is -2.07. The standard InChI is InChI=1S/C19H20N2O3S/c1-5-14-12(2)25-19(15(14)11-20)21-18(22)9-7-13-6-8-16(23-3)17(10-13)24-4/h6-10H,5H2,1-4H3,(H,21,22)/b9-7+. The van der Waals surface area contributed by atoms with Gasteiger partial charge in [0.1, 0.15) is 11.1 Å². The second-order valence-electron chi connectivity index (χ2n) is 5.24. The van der Waals surface area contributed by atoms with E-state index in [0.29, 0.717) is 22.1 Å². The van der Waals surface area contributed by atoms with Crippen molar-refractivity contribution in [2.75, 3.05) is 19.5 Å². The monoisotopic (exact) mass is 356 g/mol. The highest BCUT2D eigenvalue weighted by Crippen LogP contribution is 2.33. The van der Waals surface area contributed by atoms with Gasteiger partial charge >= 0.3 is 0 Å². The number of benzene rings is 1. The van der Waals surface area contributed by atoms with Gasteiger partial charge in [0, 0.05) is 11.0 Å². The number of nitrogens with zero attached hydrogens (tertiary/aromatic N) is 1. The van der Waals surface area contributed by atoms with Crippen LogP contribution in [0.5, 0.6) is 11.5 Å². The van der Waals surface area contributed by atoms with Gasteiger partial charge < -0.3 is 14.8 Å². The summed E-state index contributed by atoms with van der Waals surface area (Å²) in [6, 6.07) is 7.58. The van der Waals surface area contributed by atoms with E-state index in [0.717, 1.165) is 22.4 Å². The van der Waals surface area contributed by atoms with Gasteiger partial charge in [-0.25, -0.2) is 0 Å². The Labute approximate surface area is 151 Å². The second kappa shape index (κ2) is 8.36. The first-order valence-corrected chi connectivity index (χ1v) is 8.59. The Morgan fingerprint density at radius 3 is 2.64 bits per heavy atom. The Kier molecular flexibility index (Phi) is 6.20. The normalized spacial score (nSPS) is 10.5. The first-order chi connectivity index (χ1) is 12.0. The van der Waals surface area contributed by atoms with Gasteiger partial charge in [0.05, 0.1) is 19.8 Å². The van der Waals surface area contributed by atoms with E-state index in [-0.39, 0.29) is 5.91 Å². The molecule has 0 atom stereocenters. The van der Waals surface area contributed by atoms with Gasteiger partial charge in [-0.1, -0.05) is 13.0 Å². The summed E-state index contributed by atoms with van der Waals surface area (Å²) < 4.78 is 10.4. The molecule has 0 saturated carbocycles. The van der Waals surface area contributed by atoms with Crippen LogP contribution in [0, 0.1) is 18.3 Å². The lowest BCUT2D eigenvalue weighted by molar-refractivity contribution is -0.111. The molecule has 1 amide bonds. The molecule has 6 heteroatoms. The Bertz CT molecular complexity index is 847. The number of hydrogen-bond donors (Lipinski definition) is 1. The number of carbonyl (C=O) groups is 1. The molecule has 2 rings (SSSR count). The summed E-state index contributed by atoms with van der Waals surface area (Å²) in [6.07, 6.45) is 3.89. The van der Waals surface area contributed by atoms with Crippen LogP contribution in [0.2, 0.25) is 0 Å². The van der Waals surface area contributed by atoms with Crippen molar-refractivity contribution in [1.29, 1.82) is 5.26 Å². The highest BCUT2D eigenvalue weighted by molar-refractivity contribution is 7.16. The number of methoxy groups -OCH3 is 2. The number of ether oxygens (including phenoxy) is 2. The maximum absolute atomic E-state index is 12.2. The highest BCUT2D eigenvalue weighted by Gasteiger charge is 2.15.